The van der Waals surface area contributed by atoms with Gasteiger partial charge in [0.2, 0.25) is 0 Å². The van der Waals surface area contributed by atoms with E-state index >= 15 is 0 Å². The van der Waals surface area contributed by atoms with Crippen LogP contribution in [-0.2, 0) is 0 Å². The summed E-state index contributed by atoms with van der Waals surface area (Å²) >= 11 is 1.81. The number of furan rings is 1. The Kier molecular flexibility index (Phi) is 7.64. The summed E-state index contributed by atoms with van der Waals surface area (Å²) in [5, 5.41) is 4.53. The van der Waals surface area contributed by atoms with Crippen molar-refractivity contribution in [3.63, 3.8) is 0 Å². The Bertz CT molecular complexity index is 3240. The molecular weight excluding hydrogens is 703 g/mol. The van der Waals surface area contributed by atoms with Crippen molar-refractivity contribution < 1.29 is 4.42 Å². The van der Waals surface area contributed by atoms with Crippen molar-refractivity contribution in [1.29, 1.82) is 0 Å². The van der Waals surface area contributed by atoms with Gasteiger partial charge in [0.1, 0.15) is 11.2 Å². The fourth-order valence-corrected chi connectivity index (χ4v) is 9.15. The van der Waals surface area contributed by atoms with E-state index in [0.717, 1.165) is 71.8 Å². The topological polar surface area (TPSA) is 51.8 Å². The zero-order valence-corrected chi connectivity index (χ0v) is 30.9. The Morgan fingerprint density at radius 2 is 0.946 bits per heavy atom. The molecule has 0 N–H and O–H groups in total. The summed E-state index contributed by atoms with van der Waals surface area (Å²) in [6.45, 7) is 0. The molecule has 0 amide bonds. The van der Waals surface area contributed by atoms with Gasteiger partial charge in [-0.15, -0.1) is 11.3 Å². The second kappa shape index (κ2) is 13.3. The molecule has 0 saturated carbocycles. The first-order valence-electron chi connectivity index (χ1n) is 18.7. The zero-order valence-electron chi connectivity index (χ0n) is 30.1. The van der Waals surface area contributed by atoms with E-state index in [2.05, 4.69) is 152 Å². The van der Waals surface area contributed by atoms with Crippen molar-refractivity contribution in [2.45, 2.75) is 0 Å². The van der Waals surface area contributed by atoms with Gasteiger partial charge in [-0.25, -0.2) is 15.0 Å². The molecule has 0 spiro atoms. The summed E-state index contributed by atoms with van der Waals surface area (Å²) in [7, 11) is 0. The third-order valence-corrected chi connectivity index (χ3v) is 11.7. The second-order valence-electron chi connectivity index (χ2n) is 13.9. The minimum atomic E-state index is 0.637. The van der Waals surface area contributed by atoms with Crippen molar-refractivity contribution in [3.8, 4) is 67.5 Å². The van der Waals surface area contributed by atoms with E-state index in [1.807, 2.05) is 47.7 Å². The number of aromatic nitrogens is 3. The lowest BCUT2D eigenvalue weighted by Crippen LogP contribution is -2.00. The summed E-state index contributed by atoms with van der Waals surface area (Å²) in [5.74, 6) is 1.92. The lowest BCUT2D eigenvalue weighted by Gasteiger charge is -2.11. The Hall–Kier alpha value is -7.21. The van der Waals surface area contributed by atoms with Crippen molar-refractivity contribution in [1.82, 2.24) is 15.0 Å². The van der Waals surface area contributed by atoms with Gasteiger partial charge in [0.05, 0.1) is 0 Å². The Balaban J connectivity index is 1.12. The molecule has 5 heteroatoms. The SMILES string of the molecule is c1ccc(-c2cccc(-c3nc(-c4ccccc4)nc(-c4cccc5sc6c(-c7cc(-c8ccccc8)c8oc9ccccc9c8c7)cccc6c45)n3)c2)cc1. The lowest BCUT2D eigenvalue weighted by atomic mass is 9.94. The fraction of sp³-hybridized carbons (Fsp3) is 0. The van der Waals surface area contributed by atoms with E-state index < -0.39 is 0 Å². The fourth-order valence-electron chi connectivity index (χ4n) is 7.89. The highest BCUT2D eigenvalue weighted by Crippen LogP contribution is 2.46. The standard InChI is InChI=1S/C51H31N3OS/c1-4-15-32(16-5-1)35-21-12-22-36(29-35)50-52-49(34-19-8-3-9-20-34)53-51(54-50)41-26-14-28-45-46(41)40-25-13-24-38(48(40)56-45)37-30-42(33-17-6-2-7-18-33)47-43(31-37)39-23-10-11-27-44(39)55-47/h1-31H. The molecule has 0 unspecified atom stereocenters. The van der Waals surface area contributed by atoms with Crippen LogP contribution in [0.25, 0.3) is 110 Å². The van der Waals surface area contributed by atoms with Crippen LogP contribution in [-0.4, -0.2) is 15.0 Å². The number of hydrogen-bond donors (Lipinski definition) is 0. The van der Waals surface area contributed by atoms with Crippen LogP contribution in [0.1, 0.15) is 0 Å². The summed E-state index contributed by atoms with van der Waals surface area (Å²) in [4.78, 5) is 15.5. The van der Waals surface area contributed by atoms with E-state index in [0.29, 0.717) is 17.5 Å². The quantitative estimate of drug-likeness (QED) is 0.171. The number of hydrogen-bond acceptors (Lipinski definition) is 5. The minimum Gasteiger partial charge on any atom is -0.455 e. The van der Waals surface area contributed by atoms with E-state index in [-0.39, 0.29) is 0 Å². The van der Waals surface area contributed by atoms with Crippen LogP contribution in [0.5, 0.6) is 0 Å². The normalized spacial score (nSPS) is 11.6. The van der Waals surface area contributed by atoms with Gasteiger partial charge in [-0.3, -0.25) is 0 Å². The van der Waals surface area contributed by atoms with Gasteiger partial charge < -0.3 is 4.42 Å². The van der Waals surface area contributed by atoms with Gasteiger partial charge >= 0.3 is 0 Å². The maximum atomic E-state index is 6.52. The van der Waals surface area contributed by atoms with Gasteiger partial charge in [0.15, 0.2) is 17.5 Å². The molecule has 0 radical (unpaired) electrons. The highest BCUT2D eigenvalue weighted by atomic mass is 32.1. The van der Waals surface area contributed by atoms with Crippen LogP contribution in [0.15, 0.2) is 192 Å². The largest absolute Gasteiger partial charge is 0.455 e. The molecule has 0 bridgehead atoms. The van der Waals surface area contributed by atoms with E-state index in [9.17, 15) is 0 Å². The average molecular weight is 734 g/mol. The molecule has 3 aromatic heterocycles. The molecule has 0 aliphatic carbocycles. The molecule has 11 aromatic rings. The van der Waals surface area contributed by atoms with E-state index in [1.54, 1.807) is 0 Å². The molecule has 56 heavy (non-hydrogen) atoms. The number of para-hydroxylation sites is 1. The van der Waals surface area contributed by atoms with Crippen LogP contribution in [0.3, 0.4) is 0 Å². The highest BCUT2D eigenvalue weighted by molar-refractivity contribution is 7.26. The van der Waals surface area contributed by atoms with Crippen molar-refractivity contribution >= 4 is 53.4 Å². The predicted molar refractivity (Wildman–Crippen MR) is 233 cm³/mol. The molecule has 4 nitrogen and oxygen atoms in total. The molecule has 11 rings (SSSR count). The van der Waals surface area contributed by atoms with Crippen LogP contribution in [0.2, 0.25) is 0 Å². The van der Waals surface area contributed by atoms with E-state index in [4.69, 9.17) is 19.4 Å². The first-order chi connectivity index (χ1) is 27.7. The molecule has 0 fully saturated rings. The second-order valence-corrected chi connectivity index (χ2v) is 15.0. The summed E-state index contributed by atoms with van der Waals surface area (Å²) in [6.07, 6.45) is 0. The monoisotopic (exact) mass is 733 g/mol. The van der Waals surface area contributed by atoms with Gasteiger partial charge in [-0.05, 0) is 58.1 Å². The predicted octanol–water partition coefficient (Wildman–Crippen LogP) is 14.1. The van der Waals surface area contributed by atoms with Crippen LogP contribution < -0.4 is 0 Å². The van der Waals surface area contributed by atoms with Gasteiger partial charge in [-0.2, -0.15) is 0 Å². The first-order valence-corrected chi connectivity index (χ1v) is 19.5. The van der Waals surface area contributed by atoms with Gasteiger partial charge in [-0.1, -0.05) is 158 Å². The number of rotatable bonds is 6. The maximum Gasteiger partial charge on any atom is 0.164 e. The summed E-state index contributed by atoms with van der Waals surface area (Å²) < 4.78 is 8.92. The molecule has 0 aliphatic heterocycles. The van der Waals surface area contributed by atoms with Crippen molar-refractivity contribution in [2.75, 3.05) is 0 Å². The smallest absolute Gasteiger partial charge is 0.164 e. The highest BCUT2D eigenvalue weighted by Gasteiger charge is 2.20. The van der Waals surface area contributed by atoms with Crippen LogP contribution >= 0.6 is 11.3 Å². The molecule has 0 atom stereocenters. The van der Waals surface area contributed by atoms with Crippen molar-refractivity contribution in [2.24, 2.45) is 0 Å². The number of fused-ring (bicyclic) bond motifs is 6. The molecule has 8 aromatic carbocycles. The lowest BCUT2D eigenvalue weighted by molar-refractivity contribution is 0.670. The molecule has 0 saturated heterocycles. The number of thiophene rings is 1. The van der Waals surface area contributed by atoms with Gasteiger partial charge in [0, 0.05) is 53.2 Å². The average Bonchev–Trinajstić information content (AvgIpc) is 3.86. The molecule has 0 aliphatic rings. The molecule has 262 valence electrons. The van der Waals surface area contributed by atoms with E-state index in [1.165, 1.54) is 20.3 Å². The zero-order chi connectivity index (χ0) is 37.0. The third kappa shape index (κ3) is 5.48. The van der Waals surface area contributed by atoms with Crippen molar-refractivity contribution in [3.05, 3.63) is 188 Å². The van der Waals surface area contributed by atoms with Crippen LogP contribution in [0.4, 0.5) is 0 Å². The molecular formula is C51H31N3OS. The summed E-state index contributed by atoms with van der Waals surface area (Å²) in [6, 6.07) is 65.6. The Morgan fingerprint density at radius 3 is 1.75 bits per heavy atom. The number of benzene rings is 8. The third-order valence-electron chi connectivity index (χ3n) is 10.5. The van der Waals surface area contributed by atoms with Gasteiger partial charge in [0.25, 0.3) is 0 Å². The maximum absolute atomic E-state index is 6.52. The minimum absolute atomic E-state index is 0.637. The van der Waals surface area contributed by atoms with Crippen LogP contribution in [0, 0.1) is 0 Å². The Labute approximate surface area is 327 Å². The Morgan fingerprint density at radius 1 is 0.357 bits per heavy atom. The molecule has 3 heterocycles. The number of nitrogens with zero attached hydrogens (tertiary/aromatic N) is 3. The summed E-state index contributed by atoms with van der Waals surface area (Å²) in [5.41, 5.74) is 11.4. The first kappa shape index (κ1) is 32.2.